The van der Waals surface area contributed by atoms with E-state index in [4.69, 9.17) is 10.5 Å². The molecule has 0 aliphatic heterocycles. The Hall–Kier alpha value is -1.57. The molecule has 0 aliphatic rings. The number of ether oxygens (including phenoxy) is 1. The van der Waals surface area contributed by atoms with Crippen molar-refractivity contribution in [3.05, 3.63) is 50.2 Å². The van der Waals surface area contributed by atoms with Gasteiger partial charge in [0.05, 0.1) is 15.9 Å². The highest BCUT2D eigenvalue weighted by Gasteiger charge is 2.05. The molecule has 0 saturated heterocycles. The summed E-state index contributed by atoms with van der Waals surface area (Å²) in [6, 6.07) is 7.37. The van der Waals surface area contributed by atoms with Gasteiger partial charge >= 0.3 is 0 Å². The topological polar surface area (TPSA) is 70.1 Å². The van der Waals surface area contributed by atoms with Crippen molar-refractivity contribution in [1.82, 2.24) is 9.55 Å². The van der Waals surface area contributed by atoms with E-state index in [2.05, 4.69) is 4.98 Å². The van der Waals surface area contributed by atoms with Gasteiger partial charge in [0, 0.05) is 12.7 Å². The van der Waals surface area contributed by atoms with Crippen LogP contribution in [0, 0.1) is 10.5 Å². The second-order valence-electron chi connectivity index (χ2n) is 4.35. The van der Waals surface area contributed by atoms with Gasteiger partial charge in [-0.3, -0.25) is 9.36 Å². The number of anilines is 1. The van der Waals surface area contributed by atoms with Crippen LogP contribution in [-0.4, -0.2) is 16.2 Å². The maximum absolute atomic E-state index is 12.0. The lowest BCUT2D eigenvalue weighted by Gasteiger charge is -2.11. The Morgan fingerprint density at radius 1 is 1.40 bits per heavy atom. The predicted molar refractivity (Wildman–Crippen MR) is 86.9 cm³/mol. The van der Waals surface area contributed by atoms with E-state index >= 15 is 0 Å². The minimum Gasteiger partial charge on any atom is -0.491 e. The Labute approximate surface area is 130 Å². The molecule has 0 spiro atoms. The molecule has 0 atom stereocenters. The average molecular weight is 385 g/mol. The van der Waals surface area contributed by atoms with E-state index in [1.807, 2.05) is 47.7 Å². The van der Waals surface area contributed by atoms with Crippen molar-refractivity contribution in [1.29, 1.82) is 0 Å². The summed E-state index contributed by atoms with van der Waals surface area (Å²) in [4.78, 5) is 16.1. The smallest absolute Gasteiger partial charge is 0.266 e. The number of halogens is 1. The van der Waals surface area contributed by atoms with E-state index < -0.39 is 0 Å². The summed E-state index contributed by atoms with van der Waals surface area (Å²) in [6.45, 7) is 2.92. The fourth-order valence-corrected chi connectivity index (χ4v) is 2.26. The molecule has 106 valence electrons. The average Bonchev–Trinajstić information content (AvgIpc) is 2.44. The zero-order valence-corrected chi connectivity index (χ0v) is 13.3. The second-order valence-corrected chi connectivity index (χ2v) is 5.51. The molecule has 0 amide bonds. The van der Waals surface area contributed by atoms with E-state index in [1.165, 1.54) is 0 Å². The molecule has 5 nitrogen and oxygen atoms in total. The zero-order valence-electron chi connectivity index (χ0n) is 11.2. The summed E-state index contributed by atoms with van der Waals surface area (Å²) in [5, 5.41) is 0. The van der Waals surface area contributed by atoms with Crippen LogP contribution in [0.5, 0.6) is 5.75 Å². The normalized spacial score (nSPS) is 10.5. The van der Waals surface area contributed by atoms with Gasteiger partial charge in [-0.25, -0.2) is 4.98 Å². The van der Waals surface area contributed by atoms with Crippen LogP contribution in [0.3, 0.4) is 0 Å². The largest absolute Gasteiger partial charge is 0.491 e. The van der Waals surface area contributed by atoms with Gasteiger partial charge in [-0.15, -0.1) is 0 Å². The van der Waals surface area contributed by atoms with E-state index in [1.54, 1.807) is 16.8 Å². The Bertz CT molecular complexity index is 655. The van der Waals surface area contributed by atoms with Crippen LogP contribution < -0.4 is 16.0 Å². The summed E-state index contributed by atoms with van der Waals surface area (Å²) in [6.07, 6.45) is 2.31. The first kappa shape index (κ1) is 14.8. The van der Waals surface area contributed by atoms with Gasteiger partial charge in [0.1, 0.15) is 11.6 Å². The highest BCUT2D eigenvalue weighted by atomic mass is 127. The summed E-state index contributed by atoms with van der Waals surface area (Å²) in [5.41, 5.74) is 6.41. The molecule has 1 aromatic carbocycles. The van der Waals surface area contributed by atoms with Crippen LogP contribution in [0.4, 0.5) is 5.69 Å². The van der Waals surface area contributed by atoms with Gasteiger partial charge in [0.2, 0.25) is 0 Å². The number of benzene rings is 1. The van der Waals surface area contributed by atoms with Crippen LogP contribution in [0.2, 0.25) is 0 Å². The van der Waals surface area contributed by atoms with Crippen molar-refractivity contribution < 1.29 is 4.74 Å². The number of hydrogen-bond donors (Lipinski definition) is 1. The second kappa shape index (κ2) is 6.74. The molecule has 0 fully saturated rings. The van der Waals surface area contributed by atoms with Crippen molar-refractivity contribution in [2.45, 2.75) is 19.9 Å². The molecule has 0 saturated carbocycles. The van der Waals surface area contributed by atoms with E-state index in [0.29, 0.717) is 28.2 Å². The number of hydrogen-bond acceptors (Lipinski definition) is 4. The first-order valence-corrected chi connectivity index (χ1v) is 7.36. The van der Waals surface area contributed by atoms with E-state index in [0.717, 1.165) is 12.2 Å². The molecule has 2 N–H and O–H groups in total. The minimum absolute atomic E-state index is 0.00248. The van der Waals surface area contributed by atoms with Gasteiger partial charge in [-0.1, -0.05) is 12.1 Å². The monoisotopic (exact) mass is 385 g/mol. The van der Waals surface area contributed by atoms with Crippen LogP contribution in [0.15, 0.2) is 35.3 Å². The Morgan fingerprint density at radius 2 is 2.15 bits per heavy atom. The standard InChI is InChI=1S/C14H16IN3O2/c1-10-17-9-11(15)14(19)18(10)7-4-8-20-13-6-3-2-5-12(13)16/h2-3,5-6,9H,4,7-8,16H2,1H3. The van der Waals surface area contributed by atoms with Crippen molar-refractivity contribution >= 4 is 28.3 Å². The number of para-hydroxylation sites is 2. The SMILES string of the molecule is Cc1ncc(I)c(=O)n1CCCOc1ccccc1N. The van der Waals surface area contributed by atoms with Crippen molar-refractivity contribution in [3.8, 4) is 5.75 Å². The molecule has 20 heavy (non-hydrogen) atoms. The quantitative estimate of drug-likeness (QED) is 0.487. The summed E-state index contributed by atoms with van der Waals surface area (Å²) < 4.78 is 7.90. The first-order valence-electron chi connectivity index (χ1n) is 6.29. The molecule has 1 heterocycles. The number of nitrogens with zero attached hydrogens (tertiary/aromatic N) is 2. The number of aryl methyl sites for hydroxylation is 1. The van der Waals surface area contributed by atoms with Crippen molar-refractivity contribution in [2.75, 3.05) is 12.3 Å². The molecule has 0 aliphatic carbocycles. The van der Waals surface area contributed by atoms with Gasteiger partial charge in [-0.2, -0.15) is 0 Å². The Kier molecular flexibility index (Phi) is 4.99. The highest BCUT2D eigenvalue weighted by Crippen LogP contribution is 2.19. The molecule has 1 aromatic heterocycles. The van der Waals surface area contributed by atoms with Gasteiger partial charge in [0.25, 0.3) is 5.56 Å². The maximum atomic E-state index is 12.0. The van der Waals surface area contributed by atoms with Crippen LogP contribution >= 0.6 is 22.6 Å². The molecule has 2 aromatic rings. The third-order valence-corrected chi connectivity index (χ3v) is 3.65. The summed E-state index contributed by atoms with van der Waals surface area (Å²) in [7, 11) is 0. The van der Waals surface area contributed by atoms with Crippen molar-refractivity contribution in [2.24, 2.45) is 0 Å². The lowest BCUT2D eigenvalue weighted by molar-refractivity contribution is 0.301. The minimum atomic E-state index is -0.00248. The molecule has 0 radical (unpaired) electrons. The number of rotatable bonds is 5. The van der Waals surface area contributed by atoms with Crippen LogP contribution in [0.1, 0.15) is 12.2 Å². The molecule has 0 unspecified atom stereocenters. The van der Waals surface area contributed by atoms with Gasteiger partial charge in [-0.05, 0) is 48.1 Å². The Balaban J connectivity index is 1.93. The van der Waals surface area contributed by atoms with Gasteiger partial charge in [0.15, 0.2) is 0 Å². The Morgan fingerprint density at radius 3 is 2.90 bits per heavy atom. The van der Waals surface area contributed by atoms with Gasteiger partial charge < -0.3 is 10.5 Å². The highest BCUT2D eigenvalue weighted by molar-refractivity contribution is 14.1. The molecule has 2 rings (SSSR count). The molecule has 6 heteroatoms. The van der Waals surface area contributed by atoms with Crippen molar-refractivity contribution in [3.63, 3.8) is 0 Å². The third kappa shape index (κ3) is 3.50. The molecular weight excluding hydrogens is 369 g/mol. The predicted octanol–water partition coefficient (Wildman–Crippen LogP) is 2.21. The maximum Gasteiger partial charge on any atom is 0.266 e. The first-order chi connectivity index (χ1) is 9.59. The summed E-state index contributed by atoms with van der Waals surface area (Å²) in [5.74, 6) is 1.40. The van der Waals surface area contributed by atoms with Crippen LogP contribution in [0.25, 0.3) is 0 Å². The third-order valence-electron chi connectivity index (χ3n) is 2.91. The summed E-state index contributed by atoms with van der Waals surface area (Å²) >= 11 is 2.00. The molecular formula is C14H16IN3O2. The number of aromatic nitrogens is 2. The van der Waals surface area contributed by atoms with E-state index in [9.17, 15) is 4.79 Å². The zero-order chi connectivity index (χ0) is 14.5. The number of nitrogen functional groups attached to an aromatic ring is 1. The lowest BCUT2D eigenvalue weighted by atomic mass is 10.3. The lowest BCUT2D eigenvalue weighted by Crippen LogP contribution is -2.26. The fourth-order valence-electron chi connectivity index (χ4n) is 1.83. The van der Waals surface area contributed by atoms with Crippen LogP contribution in [-0.2, 0) is 6.54 Å². The molecule has 0 bridgehead atoms. The fraction of sp³-hybridized carbons (Fsp3) is 0.286. The number of nitrogens with two attached hydrogens (primary N) is 1. The van der Waals surface area contributed by atoms with E-state index in [-0.39, 0.29) is 5.56 Å².